The molecule has 2 aliphatic rings. The molecule has 1 aromatic carbocycles. The molecule has 2 aliphatic heterocycles. The number of nitrogens with zero attached hydrogens (tertiary/aromatic N) is 4. The number of methoxy groups -OCH3 is 1. The average Bonchev–Trinajstić information content (AvgIpc) is 3.08. The van der Waals surface area contributed by atoms with Crippen molar-refractivity contribution in [1.82, 2.24) is 9.80 Å². The zero-order valence-electron chi connectivity index (χ0n) is 16.7. The minimum atomic E-state index is -0.213. The Balaban J connectivity index is 2.01. The predicted molar refractivity (Wildman–Crippen MR) is 113 cm³/mol. The summed E-state index contributed by atoms with van der Waals surface area (Å²) in [5.41, 5.74) is 1.50. The van der Waals surface area contributed by atoms with Crippen LogP contribution in [-0.2, 0) is 0 Å². The van der Waals surface area contributed by atoms with Gasteiger partial charge < -0.3 is 9.64 Å². The van der Waals surface area contributed by atoms with Crippen LogP contribution in [0.1, 0.15) is 45.6 Å². The van der Waals surface area contributed by atoms with E-state index in [2.05, 4.69) is 35.6 Å². The third-order valence-electron chi connectivity index (χ3n) is 5.24. The van der Waals surface area contributed by atoms with Gasteiger partial charge in [-0.15, -0.1) is 0 Å². The van der Waals surface area contributed by atoms with E-state index in [0.29, 0.717) is 5.02 Å². The summed E-state index contributed by atoms with van der Waals surface area (Å²) < 4.78 is 5.27. The van der Waals surface area contributed by atoms with E-state index < -0.39 is 0 Å². The highest BCUT2D eigenvalue weighted by Crippen LogP contribution is 2.33. The maximum absolute atomic E-state index is 6.53. The van der Waals surface area contributed by atoms with Crippen LogP contribution in [0.3, 0.4) is 0 Å². The third kappa shape index (κ3) is 3.76. The molecule has 1 unspecified atom stereocenters. The van der Waals surface area contributed by atoms with E-state index >= 15 is 0 Å². The fraction of sp³-hybridized carbons (Fsp3) is 0.524. The molecule has 146 valence electrons. The summed E-state index contributed by atoms with van der Waals surface area (Å²) in [6, 6.07) is 5.70. The monoisotopic (exact) mass is 388 g/mol. The van der Waals surface area contributed by atoms with Crippen LogP contribution < -0.4 is 4.74 Å². The molecule has 0 spiro atoms. The second kappa shape index (κ2) is 8.44. The van der Waals surface area contributed by atoms with E-state index in [1.54, 1.807) is 7.11 Å². The van der Waals surface area contributed by atoms with Gasteiger partial charge in [-0.2, -0.15) is 0 Å². The van der Waals surface area contributed by atoms with Crippen LogP contribution in [0.2, 0.25) is 5.02 Å². The number of benzene rings is 1. The zero-order chi connectivity index (χ0) is 19.4. The van der Waals surface area contributed by atoms with Crippen molar-refractivity contribution in [2.24, 2.45) is 9.98 Å². The normalized spacial score (nSPS) is 21.3. The van der Waals surface area contributed by atoms with Crippen molar-refractivity contribution >= 4 is 23.1 Å². The molecule has 0 saturated heterocycles. The molecular formula is C21H29ClN4O. The lowest BCUT2D eigenvalue weighted by atomic mass is 10.1. The second-order valence-electron chi connectivity index (χ2n) is 7.01. The van der Waals surface area contributed by atoms with E-state index in [-0.39, 0.29) is 5.66 Å². The standard InChI is InChI=1S/C21H29ClN4O/c1-5-11-26(12-6-2)21(7-3)15-25-13-10-23-19(20(25)24-21)17-9-8-16(27-4)14-18(17)22/h8-10,13-14H,5-7,11-12,15H2,1-4H3. The van der Waals surface area contributed by atoms with Crippen molar-refractivity contribution in [2.45, 2.75) is 45.7 Å². The van der Waals surface area contributed by atoms with Crippen LogP contribution >= 0.6 is 11.6 Å². The lowest BCUT2D eigenvalue weighted by Crippen LogP contribution is -2.50. The quantitative estimate of drug-likeness (QED) is 0.655. The minimum Gasteiger partial charge on any atom is -0.497 e. The molecule has 0 fully saturated rings. The van der Waals surface area contributed by atoms with Crippen molar-refractivity contribution in [1.29, 1.82) is 0 Å². The van der Waals surface area contributed by atoms with Crippen molar-refractivity contribution in [2.75, 3.05) is 26.7 Å². The highest BCUT2D eigenvalue weighted by Gasteiger charge is 2.43. The molecule has 2 heterocycles. The molecule has 3 rings (SSSR count). The van der Waals surface area contributed by atoms with Crippen LogP contribution in [0.5, 0.6) is 5.75 Å². The lowest BCUT2D eigenvalue weighted by molar-refractivity contribution is 0.0892. The number of hydrogen-bond acceptors (Lipinski definition) is 5. The topological polar surface area (TPSA) is 40.4 Å². The first-order chi connectivity index (χ1) is 13.1. The van der Waals surface area contributed by atoms with Crippen molar-refractivity contribution in [3.05, 3.63) is 41.2 Å². The number of hydrogen-bond donors (Lipinski definition) is 0. The fourth-order valence-corrected chi connectivity index (χ4v) is 4.12. The van der Waals surface area contributed by atoms with Gasteiger partial charge in [-0.1, -0.05) is 32.4 Å². The Morgan fingerprint density at radius 3 is 2.56 bits per heavy atom. The van der Waals surface area contributed by atoms with Gasteiger partial charge in [0.15, 0.2) is 5.84 Å². The molecule has 0 saturated carbocycles. The SMILES string of the molecule is CCCN(CCC)C1(CC)CN2C=CN=C(c3ccc(OC)cc3Cl)C2=N1. The Labute approximate surface area is 167 Å². The molecule has 1 aromatic rings. The molecule has 0 radical (unpaired) electrons. The Hall–Kier alpha value is -1.85. The average molecular weight is 389 g/mol. The number of aliphatic imine (C=N–C) groups is 2. The van der Waals surface area contributed by atoms with Crippen LogP contribution in [0.4, 0.5) is 0 Å². The molecule has 27 heavy (non-hydrogen) atoms. The fourth-order valence-electron chi connectivity index (χ4n) is 3.86. The first-order valence-electron chi connectivity index (χ1n) is 9.78. The zero-order valence-corrected chi connectivity index (χ0v) is 17.5. The second-order valence-corrected chi connectivity index (χ2v) is 7.42. The van der Waals surface area contributed by atoms with E-state index in [1.165, 1.54) is 0 Å². The van der Waals surface area contributed by atoms with Gasteiger partial charge >= 0.3 is 0 Å². The maximum atomic E-state index is 6.53. The molecule has 0 aliphatic carbocycles. The Kier molecular flexibility index (Phi) is 6.22. The van der Waals surface area contributed by atoms with Gasteiger partial charge in [-0.3, -0.25) is 9.89 Å². The van der Waals surface area contributed by atoms with Gasteiger partial charge in [0.05, 0.1) is 18.7 Å². The minimum absolute atomic E-state index is 0.213. The first kappa shape index (κ1) is 19.9. The molecule has 0 aromatic heterocycles. The van der Waals surface area contributed by atoms with E-state index in [0.717, 1.165) is 61.8 Å². The molecule has 6 heteroatoms. The van der Waals surface area contributed by atoms with Gasteiger partial charge in [0.1, 0.15) is 17.1 Å². The summed E-state index contributed by atoms with van der Waals surface area (Å²) in [5.74, 6) is 1.64. The largest absolute Gasteiger partial charge is 0.497 e. The highest BCUT2D eigenvalue weighted by atomic mass is 35.5. The van der Waals surface area contributed by atoms with Crippen LogP contribution in [0, 0.1) is 0 Å². The van der Waals surface area contributed by atoms with Gasteiger partial charge in [0.2, 0.25) is 0 Å². The summed E-state index contributed by atoms with van der Waals surface area (Å²) >= 11 is 6.53. The summed E-state index contributed by atoms with van der Waals surface area (Å²) in [6.45, 7) is 9.62. The maximum Gasteiger partial charge on any atom is 0.156 e. The van der Waals surface area contributed by atoms with Gasteiger partial charge in [0.25, 0.3) is 0 Å². The number of rotatable bonds is 8. The number of amidine groups is 1. The first-order valence-corrected chi connectivity index (χ1v) is 10.2. The Morgan fingerprint density at radius 2 is 1.96 bits per heavy atom. The predicted octanol–water partition coefficient (Wildman–Crippen LogP) is 4.56. The summed E-state index contributed by atoms with van der Waals surface area (Å²) in [5, 5.41) is 0.624. The van der Waals surface area contributed by atoms with Gasteiger partial charge in [0, 0.05) is 31.1 Å². The number of halogens is 1. The van der Waals surface area contributed by atoms with Crippen molar-refractivity contribution in [3.8, 4) is 5.75 Å². The third-order valence-corrected chi connectivity index (χ3v) is 5.56. The van der Waals surface area contributed by atoms with Crippen LogP contribution in [0.25, 0.3) is 0 Å². The molecule has 5 nitrogen and oxygen atoms in total. The number of fused-ring (bicyclic) bond motifs is 1. The summed E-state index contributed by atoms with van der Waals surface area (Å²) in [6.07, 6.45) is 7.06. The van der Waals surface area contributed by atoms with Gasteiger partial charge in [-0.05, 0) is 37.5 Å². The van der Waals surface area contributed by atoms with E-state index in [4.69, 9.17) is 21.3 Å². The molecular weight excluding hydrogens is 360 g/mol. The van der Waals surface area contributed by atoms with E-state index in [1.807, 2.05) is 30.6 Å². The van der Waals surface area contributed by atoms with Crippen molar-refractivity contribution in [3.63, 3.8) is 0 Å². The highest BCUT2D eigenvalue weighted by molar-refractivity contribution is 6.51. The Morgan fingerprint density at radius 1 is 1.22 bits per heavy atom. The lowest BCUT2D eigenvalue weighted by Gasteiger charge is -2.38. The Bertz CT molecular complexity index is 767. The summed E-state index contributed by atoms with van der Waals surface area (Å²) in [4.78, 5) is 14.6. The molecule has 0 amide bonds. The number of ether oxygens (including phenoxy) is 1. The van der Waals surface area contributed by atoms with Crippen LogP contribution in [-0.4, -0.2) is 53.8 Å². The molecule has 1 atom stereocenters. The van der Waals surface area contributed by atoms with Gasteiger partial charge in [-0.25, -0.2) is 4.99 Å². The molecule has 0 bridgehead atoms. The van der Waals surface area contributed by atoms with Crippen LogP contribution in [0.15, 0.2) is 40.6 Å². The molecule has 0 N–H and O–H groups in total. The smallest absolute Gasteiger partial charge is 0.156 e. The van der Waals surface area contributed by atoms with Crippen molar-refractivity contribution < 1.29 is 4.74 Å². The van der Waals surface area contributed by atoms with E-state index in [9.17, 15) is 0 Å². The summed E-state index contributed by atoms with van der Waals surface area (Å²) in [7, 11) is 1.64.